The van der Waals surface area contributed by atoms with E-state index in [2.05, 4.69) is 26.8 Å². The van der Waals surface area contributed by atoms with E-state index in [-0.39, 0.29) is 22.9 Å². The molecule has 0 fully saturated rings. The number of halogens is 2. The normalized spacial score (nSPS) is 13.2. The van der Waals surface area contributed by atoms with Gasteiger partial charge in [0.05, 0.1) is 12.0 Å². The van der Waals surface area contributed by atoms with Crippen molar-refractivity contribution in [2.24, 2.45) is 4.99 Å². The Kier molecular flexibility index (Phi) is 4.47. The Hall–Kier alpha value is -2.08. The Morgan fingerprint density at radius 3 is 2.76 bits per heavy atom. The van der Waals surface area contributed by atoms with E-state index < -0.39 is 0 Å². The molecule has 2 rings (SSSR count). The average Bonchev–Trinajstić information content (AvgIpc) is 2.82. The van der Waals surface area contributed by atoms with Crippen LogP contribution in [0.25, 0.3) is 11.2 Å². The van der Waals surface area contributed by atoms with Crippen molar-refractivity contribution >= 4 is 29.5 Å². The first kappa shape index (κ1) is 15.3. The Morgan fingerprint density at radius 2 is 2.19 bits per heavy atom. The van der Waals surface area contributed by atoms with Gasteiger partial charge in [-0.2, -0.15) is 14.6 Å². The van der Waals surface area contributed by atoms with Crippen molar-refractivity contribution in [3.8, 4) is 0 Å². The SMILES string of the molecule is C=N/C=C(\C=C(/C)F)c1nc(Cl)n2ncc(C(C)C)c2n1. The summed E-state index contributed by atoms with van der Waals surface area (Å²) in [5.41, 5.74) is 1.93. The van der Waals surface area contributed by atoms with Gasteiger partial charge in [-0.3, -0.25) is 4.99 Å². The smallest absolute Gasteiger partial charge is 0.227 e. The molecule has 0 bridgehead atoms. The molecule has 0 atom stereocenters. The lowest BCUT2D eigenvalue weighted by atomic mass is 10.1. The van der Waals surface area contributed by atoms with E-state index in [1.54, 1.807) is 6.20 Å². The van der Waals surface area contributed by atoms with Gasteiger partial charge in [0.15, 0.2) is 11.5 Å². The summed E-state index contributed by atoms with van der Waals surface area (Å²) in [5.74, 6) is 0.117. The second-order valence-corrected chi connectivity index (χ2v) is 5.14. The molecule has 2 heterocycles. The molecule has 0 saturated heterocycles. The molecule has 0 saturated carbocycles. The van der Waals surface area contributed by atoms with Gasteiger partial charge >= 0.3 is 0 Å². The minimum atomic E-state index is -0.387. The Bertz CT molecular complexity index is 741. The number of hydrogen-bond acceptors (Lipinski definition) is 4. The highest BCUT2D eigenvalue weighted by Crippen LogP contribution is 2.23. The summed E-state index contributed by atoms with van der Waals surface area (Å²) in [5, 5.41) is 4.32. The lowest BCUT2D eigenvalue weighted by Gasteiger charge is -2.05. The summed E-state index contributed by atoms with van der Waals surface area (Å²) in [6, 6.07) is 0. The third-order valence-corrected chi connectivity index (χ3v) is 3.07. The molecule has 5 nitrogen and oxygen atoms in total. The quantitative estimate of drug-likeness (QED) is 0.637. The summed E-state index contributed by atoms with van der Waals surface area (Å²) < 4.78 is 14.6. The summed E-state index contributed by atoms with van der Waals surface area (Å²) in [6.45, 7) is 8.75. The molecule has 7 heteroatoms. The summed E-state index contributed by atoms with van der Waals surface area (Å²) in [4.78, 5) is 12.2. The van der Waals surface area contributed by atoms with Gasteiger partial charge in [0.1, 0.15) is 0 Å². The maximum Gasteiger partial charge on any atom is 0.227 e. The molecule has 0 aliphatic rings. The van der Waals surface area contributed by atoms with Crippen LogP contribution in [0.15, 0.2) is 29.3 Å². The molecule has 21 heavy (non-hydrogen) atoms. The van der Waals surface area contributed by atoms with Crippen molar-refractivity contribution in [2.45, 2.75) is 26.7 Å². The van der Waals surface area contributed by atoms with Crippen LogP contribution in [0, 0.1) is 0 Å². The minimum absolute atomic E-state index is 0.154. The van der Waals surface area contributed by atoms with Crippen LogP contribution in [0.2, 0.25) is 5.28 Å². The van der Waals surface area contributed by atoms with E-state index in [1.807, 2.05) is 13.8 Å². The van der Waals surface area contributed by atoms with Crippen molar-refractivity contribution < 1.29 is 4.39 Å². The van der Waals surface area contributed by atoms with Crippen molar-refractivity contribution in [3.05, 3.63) is 41.0 Å². The maximum absolute atomic E-state index is 13.2. The van der Waals surface area contributed by atoms with E-state index in [0.29, 0.717) is 11.2 Å². The van der Waals surface area contributed by atoms with Crippen molar-refractivity contribution in [1.82, 2.24) is 19.6 Å². The van der Waals surface area contributed by atoms with E-state index >= 15 is 0 Å². The second-order valence-electron chi connectivity index (χ2n) is 4.80. The van der Waals surface area contributed by atoms with Gasteiger partial charge in [0.25, 0.3) is 0 Å². The molecule has 0 aliphatic heterocycles. The van der Waals surface area contributed by atoms with Gasteiger partial charge in [-0.15, -0.1) is 0 Å². The highest BCUT2D eigenvalue weighted by atomic mass is 35.5. The molecule has 110 valence electrons. The molecule has 0 unspecified atom stereocenters. The molecule has 2 aromatic rings. The monoisotopic (exact) mass is 307 g/mol. The van der Waals surface area contributed by atoms with Gasteiger partial charge in [0.2, 0.25) is 5.28 Å². The van der Waals surface area contributed by atoms with Crippen LogP contribution in [0.1, 0.15) is 38.1 Å². The first-order valence-corrected chi connectivity index (χ1v) is 6.73. The fraction of sp³-hybridized carbons (Fsp3) is 0.286. The second kappa shape index (κ2) is 6.13. The Labute approximate surface area is 126 Å². The molecule has 0 N–H and O–H groups in total. The van der Waals surface area contributed by atoms with E-state index in [1.165, 1.54) is 23.7 Å². The average molecular weight is 308 g/mol. The molecule has 0 aromatic carbocycles. The van der Waals surface area contributed by atoms with E-state index in [0.717, 1.165) is 5.56 Å². The molecule has 0 aliphatic carbocycles. The van der Waals surface area contributed by atoms with Gasteiger partial charge in [0, 0.05) is 17.3 Å². The molecule has 0 spiro atoms. The molecule has 0 radical (unpaired) electrons. The zero-order valence-corrected chi connectivity index (χ0v) is 12.8. The fourth-order valence-corrected chi connectivity index (χ4v) is 2.07. The Morgan fingerprint density at radius 1 is 1.48 bits per heavy atom. The third kappa shape index (κ3) is 3.16. The molecule has 2 aromatic heterocycles. The Balaban J connectivity index is 2.69. The number of fused-ring (bicyclic) bond motifs is 1. The van der Waals surface area contributed by atoms with Crippen LogP contribution in [0.3, 0.4) is 0 Å². The predicted octanol–water partition coefficient (Wildman–Crippen LogP) is 3.82. The van der Waals surface area contributed by atoms with Crippen LogP contribution >= 0.6 is 11.6 Å². The number of rotatable bonds is 4. The van der Waals surface area contributed by atoms with Crippen LogP contribution in [-0.2, 0) is 0 Å². The van der Waals surface area contributed by atoms with Gasteiger partial charge < -0.3 is 0 Å². The molecule has 0 amide bonds. The van der Waals surface area contributed by atoms with Crippen LogP contribution in [0.4, 0.5) is 4.39 Å². The number of aromatic nitrogens is 4. The zero-order valence-electron chi connectivity index (χ0n) is 12.0. The number of allylic oxidation sites excluding steroid dienone is 3. The standard InChI is InChI=1S/C14H15ClFN5/c1-8(2)11-7-18-21-13(11)19-12(20-14(21)15)10(6-17-4)5-9(3)16/h5-8H,4H2,1-3H3/b9-5+,10-6+. The number of hydrogen-bond donors (Lipinski definition) is 0. The number of nitrogens with zero attached hydrogens (tertiary/aromatic N) is 5. The number of aliphatic imine (C=N–C) groups is 1. The molecular weight excluding hydrogens is 293 g/mol. The highest BCUT2D eigenvalue weighted by Gasteiger charge is 2.15. The van der Waals surface area contributed by atoms with Crippen molar-refractivity contribution in [2.75, 3.05) is 0 Å². The first-order chi connectivity index (χ1) is 9.93. The lowest BCUT2D eigenvalue weighted by Crippen LogP contribution is -2.02. The summed E-state index contributed by atoms with van der Waals surface area (Å²) in [7, 11) is 0. The minimum Gasteiger partial charge on any atom is -0.272 e. The van der Waals surface area contributed by atoms with Gasteiger partial charge in [-0.25, -0.2) is 9.37 Å². The first-order valence-electron chi connectivity index (χ1n) is 6.35. The zero-order chi connectivity index (χ0) is 15.6. The topological polar surface area (TPSA) is 55.4 Å². The maximum atomic E-state index is 13.2. The molecular formula is C14H15ClFN5. The largest absolute Gasteiger partial charge is 0.272 e. The van der Waals surface area contributed by atoms with Crippen molar-refractivity contribution in [1.29, 1.82) is 0 Å². The highest BCUT2D eigenvalue weighted by molar-refractivity contribution is 6.28. The van der Waals surface area contributed by atoms with Crippen LogP contribution in [0.5, 0.6) is 0 Å². The van der Waals surface area contributed by atoms with E-state index in [9.17, 15) is 4.39 Å². The predicted molar refractivity (Wildman–Crippen MR) is 82.3 cm³/mol. The lowest BCUT2D eigenvalue weighted by molar-refractivity contribution is 0.641. The van der Waals surface area contributed by atoms with Gasteiger partial charge in [-0.1, -0.05) is 13.8 Å². The van der Waals surface area contributed by atoms with Crippen molar-refractivity contribution in [3.63, 3.8) is 0 Å². The van der Waals surface area contributed by atoms with Crippen LogP contribution < -0.4 is 0 Å². The van der Waals surface area contributed by atoms with E-state index in [4.69, 9.17) is 11.6 Å². The summed E-state index contributed by atoms with van der Waals surface area (Å²) >= 11 is 6.12. The summed E-state index contributed by atoms with van der Waals surface area (Å²) in [6.07, 6.45) is 4.37. The third-order valence-electron chi connectivity index (χ3n) is 2.82. The fourth-order valence-electron chi connectivity index (χ4n) is 1.87. The van der Waals surface area contributed by atoms with Crippen LogP contribution in [-0.4, -0.2) is 26.3 Å². The van der Waals surface area contributed by atoms with Gasteiger partial charge in [-0.05, 0) is 37.2 Å².